The number of rotatable bonds is 2. The standard InChI is InChI=1S/C9H12N4.C8H11N5O.CH4/c1-6(2)13-5-12-8-7(10)3-4-11-9(8)13;1-4(2)13-3-10-5-6(13)11-8(9)12-7(5)14;/h3-6H,1-2H3,(H2,10,11);3-4H,1-2H3,(H3,9,11,12,14);1H4. The second-order valence-electron chi connectivity index (χ2n) is 6.69. The molecule has 28 heavy (non-hydrogen) atoms. The van der Waals surface area contributed by atoms with E-state index in [1.165, 1.54) is 0 Å². The Hall–Kier alpha value is -3.43. The first-order valence-electron chi connectivity index (χ1n) is 8.59. The molecule has 10 heteroatoms. The molecule has 4 aromatic heterocycles. The van der Waals surface area contributed by atoms with Crippen LogP contribution in [0.4, 0.5) is 11.6 Å². The molecule has 0 aliphatic heterocycles. The van der Waals surface area contributed by atoms with Gasteiger partial charge in [0.2, 0.25) is 5.95 Å². The number of aromatic amines is 1. The first kappa shape index (κ1) is 20.9. The van der Waals surface area contributed by atoms with Gasteiger partial charge in [0.15, 0.2) is 16.8 Å². The highest BCUT2D eigenvalue weighted by atomic mass is 16.1. The van der Waals surface area contributed by atoms with Gasteiger partial charge in [-0.05, 0) is 33.8 Å². The highest BCUT2D eigenvalue weighted by molar-refractivity contribution is 5.83. The van der Waals surface area contributed by atoms with Crippen LogP contribution < -0.4 is 17.0 Å². The van der Waals surface area contributed by atoms with Gasteiger partial charge in [0.05, 0.1) is 18.3 Å². The van der Waals surface area contributed by atoms with E-state index in [0.29, 0.717) is 22.9 Å². The zero-order valence-corrected chi connectivity index (χ0v) is 15.7. The van der Waals surface area contributed by atoms with Crippen LogP contribution in [0, 0.1) is 0 Å². The predicted octanol–water partition coefficient (Wildman–Crippen LogP) is 2.51. The number of pyridine rings is 1. The van der Waals surface area contributed by atoms with Gasteiger partial charge >= 0.3 is 0 Å². The fraction of sp³-hybridized carbons (Fsp3) is 0.389. The van der Waals surface area contributed by atoms with Crippen LogP contribution in [-0.2, 0) is 0 Å². The second kappa shape index (κ2) is 8.07. The van der Waals surface area contributed by atoms with Crippen molar-refractivity contribution in [3.63, 3.8) is 0 Å². The zero-order valence-electron chi connectivity index (χ0n) is 15.7. The molecule has 0 fully saturated rings. The maximum atomic E-state index is 11.4. The quantitative estimate of drug-likeness (QED) is 0.480. The summed E-state index contributed by atoms with van der Waals surface area (Å²) >= 11 is 0. The number of hydrogen-bond donors (Lipinski definition) is 3. The van der Waals surface area contributed by atoms with Crippen LogP contribution in [0.2, 0.25) is 0 Å². The van der Waals surface area contributed by atoms with Gasteiger partial charge in [-0.15, -0.1) is 0 Å². The molecule has 4 heterocycles. The van der Waals surface area contributed by atoms with E-state index in [1.807, 2.05) is 18.4 Å². The molecule has 5 N–H and O–H groups in total. The molecule has 150 valence electrons. The molecule has 4 rings (SSSR count). The topological polar surface area (TPSA) is 146 Å². The summed E-state index contributed by atoms with van der Waals surface area (Å²) < 4.78 is 3.81. The maximum Gasteiger partial charge on any atom is 0.280 e. The van der Waals surface area contributed by atoms with E-state index in [2.05, 4.69) is 38.8 Å². The number of aromatic nitrogens is 7. The number of nitrogen functional groups attached to an aromatic ring is 2. The van der Waals surface area contributed by atoms with Crippen molar-refractivity contribution in [2.24, 2.45) is 0 Å². The number of fused-ring (bicyclic) bond motifs is 2. The summed E-state index contributed by atoms with van der Waals surface area (Å²) in [5, 5.41) is 0. The van der Waals surface area contributed by atoms with Gasteiger partial charge in [-0.2, -0.15) is 4.98 Å². The van der Waals surface area contributed by atoms with Crippen LogP contribution in [-0.4, -0.2) is 34.1 Å². The lowest BCUT2D eigenvalue weighted by Gasteiger charge is -2.06. The van der Waals surface area contributed by atoms with Crippen molar-refractivity contribution >= 4 is 34.0 Å². The minimum Gasteiger partial charge on any atom is -0.397 e. The number of anilines is 2. The molecule has 0 radical (unpaired) electrons. The van der Waals surface area contributed by atoms with Gasteiger partial charge in [0, 0.05) is 18.3 Å². The smallest absolute Gasteiger partial charge is 0.280 e. The molecular formula is C18H27N9O. The number of nitrogens with one attached hydrogen (secondary N) is 1. The summed E-state index contributed by atoms with van der Waals surface area (Å²) in [6, 6.07) is 2.33. The molecule has 0 aliphatic rings. The summed E-state index contributed by atoms with van der Waals surface area (Å²) in [7, 11) is 0. The van der Waals surface area contributed by atoms with Crippen molar-refractivity contribution in [1.29, 1.82) is 0 Å². The molecule has 0 aromatic carbocycles. The Morgan fingerprint density at radius 1 is 0.929 bits per heavy atom. The summed E-state index contributed by atoms with van der Waals surface area (Å²) in [6.07, 6.45) is 5.08. The van der Waals surface area contributed by atoms with Gasteiger partial charge in [-0.1, -0.05) is 7.43 Å². The highest BCUT2D eigenvalue weighted by Gasteiger charge is 2.10. The Kier molecular flexibility index (Phi) is 6.02. The molecule has 0 saturated heterocycles. The third-order valence-electron chi connectivity index (χ3n) is 4.06. The average molecular weight is 385 g/mol. The first-order chi connectivity index (χ1) is 12.8. The van der Waals surface area contributed by atoms with Crippen molar-refractivity contribution in [2.75, 3.05) is 11.5 Å². The Bertz CT molecular complexity index is 1140. The van der Waals surface area contributed by atoms with Crippen LogP contribution >= 0.6 is 0 Å². The van der Waals surface area contributed by atoms with E-state index in [4.69, 9.17) is 11.5 Å². The summed E-state index contributed by atoms with van der Waals surface area (Å²) in [4.78, 5) is 30.3. The highest BCUT2D eigenvalue weighted by Crippen LogP contribution is 2.19. The average Bonchev–Trinajstić information content (AvgIpc) is 3.20. The number of hydrogen-bond acceptors (Lipinski definition) is 7. The minimum atomic E-state index is -0.299. The molecule has 0 spiro atoms. The number of H-pyrrole nitrogens is 1. The third-order valence-corrected chi connectivity index (χ3v) is 4.06. The lowest BCUT2D eigenvalue weighted by molar-refractivity contribution is 0.612. The van der Waals surface area contributed by atoms with Gasteiger partial charge in [0.25, 0.3) is 5.56 Å². The monoisotopic (exact) mass is 385 g/mol. The number of imidazole rings is 2. The zero-order chi connectivity index (χ0) is 19.7. The van der Waals surface area contributed by atoms with E-state index in [0.717, 1.165) is 11.2 Å². The lowest BCUT2D eigenvalue weighted by Crippen LogP contribution is -2.12. The van der Waals surface area contributed by atoms with Gasteiger partial charge < -0.3 is 20.6 Å². The van der Waals surface area contributed by atoms with Crippen molar-refractivity contribution in [1.82, 2.24) is 34.1 Å². The predicted molar refractivity (Wildman–Crippen MR) is 112 cm³/mol. The van der Waals surface area contributed by atoms with E-state index in [9.17, 15) is 4.79 Å². The first-order valence-corrected chi connectivity index (χ1v) is 8.59. The van der Waals surface area contributed by atoms with E-state index in [-0.39, 0.29) is 25.0 Å². The van der Waals surface area contributed by atoms with Crippen LogP contribution in [0.25, 0.3) is 22.3 Å². The molecular weight excluding hydrogens is 358 g/mol. The van der Waals surface area contributed by atoms with E-state index < -0.39 is 0 Å². The van der Waals surface area contributed by atoms with Crippen LogP contribution in [0.5, 0.6) is 0 Å². The van der Waals surface area contributed by atoms with Crippen LogP contribution in [0.15, 0.2) is 29.7 Å². The fourth-order valence-corrected chi connectivity index (χ4v) is 2.65. The Morgan fingerprint density at radius 2 is 1.50 bits per heavy atom. The van der Waals surface area contributed by atoms with Gasteiger partial charge in [-0.3, -0.25) is 9.78 Å². The van der Waals surface area contributed by atoms with E-state index in [1.54, 1.807) is 29.5 Å². The van der Waals surface area contributed by atoms with Crippen molar-refractivity contribution in [2.45, 2.75) is 47.2 Å². The van der Waals surface area contributed by atoms with Crippen LogP contribution in [0.3, 0.4) is 0 Å². The Morgan fingerprint density at radius 3 is 2.11 bits per heavy atom. The molecule has 0 saturated carbocycles. The van der Waals surface area contributed by atoms with Crippen molar-refractivity contribution in [3.05, 3.63) is 35.3 Å². The summed E-state index contributed by atoms with van der Waals surface area (Å²) in [5.41, 5.74) is 14.1. The number of nitrogens with zero attached hydrogens (tertiary/aromatic N) is 6. The molecule has 0 aliphatic carbocycles. The molecule has 10 nitrogen and oxygen atoms in total. The largest absolute Gasteiger partial charge is 0.397 e. The SMILES string of the molecule is C.CC(C)n1cnc2c(=O)[nH]c(N)nc21.CC(C)n1cnc2c(N)ccnc21. The Balaban J connectivity index is 0.000000194. The minimum absolute atomic E-state index is 0. The van der Waals surface area contributed by atoms with Crippen molar-refractivity contribution < 1.29 is 0 Å². The van der Waals surface area contributed by atoms with Gasteiger partial charge in [-0.25, -0.2) is 15.0 Å². The summed E-state index contributed by atoms with van der Waals surface area (Å²) in [6.45, 7) is 8.15. The third kappa shape index (κ3) is 3.80. The molecule has 0 atom stereocenters. The Labute approximate surface area is 162 Å². The van der Waals surface area contributed by atoms with E-state index >= 15 is 0 Å². The number of nitrogens with two attached hydrogens (primary N) is 2. The van der Waals surface area contributed by atoms with Crippen LogP contribution in [0.1, 0.15) is 47.2 Å². The second-order valence-corrected chi connectivity index (χ2v) is 6.69. The lowest BCUT2D eigenvalue weighted by atomic mass is 10.3. The normalized spacial score (nSPS) is 10.9. The molecule has 0 amide bonds. The van der Waals surface area contributed by atoms with Crippen molar-refractivity contribution in [3.8, 4) is 0 Å². The van der Waals surface area contributed by atoms with Gasteiger partial charge in [0.1, 0.15) is 5.52 Å². The molecule has 4 aromatic rings. The summed E-state index contributed by atoms with van der Waals surface area (Å²) in [5.74, 6) is 0.116. The fourth-order valence-electron chi connectivity index (χ4n) is 2.65. The molecule has 0 bridgehead atoms. The molecule has 0 unspecified atom stereocenters. The maximum absolute atomic E-state index is 11.4.